The molecule has 0 amide bonds. The Morgan fingerprint density at radius 1 is 1.23 bits per heavy atom. The van der Waals surface area contributed by atoms with Gasteiger partial charge >= 0.3 is 12.2 Å². The summed E-state index contributed by atoms with van der Waals surface area (Å²) < 4.78 is 69.7. The first-order valence-corrected chi connectivity index (χ1v) is 10.5. The molecule has 0 spiro atoms. The molecule has 1 aromatic heterocycles. The van der Waals surface area contributed by atoms with E-state index in [-0.39, 0.29) is 42.4 Å². The van der Waals surface area contributed by atoms with Crippen LogP contribution in [0.25, 0.3) is 0 Å². The fourth-order valence-corrected chi connectivity index (χ4v) is 3.96. The van der Waals surface area contributed by atoms with Crippen molar-refractivity contribution in [1.29, 1.82) is 0 Å². The van der Waals surface area contributed by atoms with Gasteiger partial charge in [0.2, 0.25) is 10.0 Å². The summed E-state index contributed by atoms with van der Waals surface area (Å²) in [6.07, 6.45) is -1.21. The van der Waals surface area contributed by atoms with Crippen LogP contribution in [0.5, 0.6) is 0 Å². The maximum Gasteiger partial charge on any atom is 0.401 e. The molecule has 1 aromatic rings. The third-order valence-corrected chi connectivity index (χ3v) is 6.66. The van der Waals surface area contributed by atoms with Crippen LogP contribution in [0.15, 0.2) is 4.52 Å². The van der Waals surface area contributed by atoms with Gasteiger partial charge in [0.1, 0.15) is 5.41 Å². The van der Waals surface area contributed by atoms with Crippen molar-refractivity contribution >= 4 is 16.0 Å². The molecule has 2 fully saturated rings. The number of anilines is 1. The van der Waals surface area contributed by atoms with Gasteiger partial charge in [0.15, 0.2) is 5.82 Å². The summed E-state index contributed by atoms with van der Waals surface area (Å²) in [7, 11) is -3.19. The zero-order chi connectivity index (χ0) is 19.0. The smallest absolute Gasteiger partial charge is 0.335 e. The van der Waals surface area contributed by atoms with E-state index < -0.39 is 21.6 Å². The third-order valence-electron chi connectivity index (χ3n) is 5.29. The van der Waals surface area contributed by atoms with Crippen molar-refractivity contribution in [2.45, 2.75) is 63.1 Å². The third kappa shape index (κ3) is 4.13. The number of nitrogens with zero attached hydrogens (tertiary/aromatic N) is 2. The standard InChI is InChI=1S/C15H23F3N4O3S/c1-2-26(23,24)19-9-10-3-5-11(6-4-10)20-13-21-12(22-25-13)14(7-8-14)15(16,17)18/h10-11,19H,2-9H2,1H3,(H,20,21,22). The zero-order valence-corrected chi connectivity index (χ0v) is 15.3. The van der Waals surface area contributed by atoms with Gasteiger partial charge in [-0.3, -0.25) is 0 Å². The van der Waals surface area contributed by atoms with E-state index >= 15 is 0 Å². The predicted octanol–water partition coefficient (Wildman–Crippen LogP) is 2.57. The zero-order valence-electron chi connectivity index (χ0n) is 14.5. The van der Waals surface area contributed by atoms with Crippen molar-refractivity contribution in [2.75, 3.05) is 17.6 Å². The predicted molar refractivity (Wildman–Crippen MR) is 88.1 cm³/mol. The Morgan fingerprint density at radius 2 is 1.88 bits per heavy atom. The van der Waals surface area contributed by atoms with E-state index in [2.05, 4.69) is 20.2 Å². The molecule has 2 saturated carbocycles. The first-order chi connectivity index (χ1) is 12.2. The van der Waals surface area contributed by atoms with Crippen LogP contribution in [-0.2, 0) is 15.4 Å². The van der Waals surface area contributed by atoms with Gasteiger partial charge in [-0.1, -0.05) is 5.16 Å². The SMILES string of the molecule is CCS(=O)(=O)NCC1CCC(Nc2nc(C3(C(F)(F)F)CC3)no2)CC1. The lowest BCUT2D eigenvalue weighted by molar-refractivity contribution is -0.162. The molecule has 3 rings (SSSR count). The van der Waals surface area contributed by atoms with Crippen molar-refractivity contribution in [3.05, 3.63) is 5.82 Å². The van der Waals surface area contributed by atoms with Crippen molar-refractivity contribution in [2.24, 2.45) is 5.92 Å². The van der Waals surface area contributed by atoms with Gasteiger partial charge in [0.05, 0.1) is 5.75 Å². The van der Waals surface area contributed by atoms with Gasteiger partial charge in [-0.15, -0.1) is 0 Å². The first kappa shape index (κ1) is 19.4. The number of hydrogen-bond acceptors (Lipinski definition) is 6. The maximum absolute atomic E-state index is 13.1. The maximum atomic E-state index is 13.1. The quantitative estimate of drug-likeness (QED) is 0.735. The Balaban J connectivity index is 1.49. The molecule has 0 unspecified atom stereocenters. The first-order valence-electron chi connectivity index (χ1n) is 8.80. The number of halogens is 3. The van der Waals surface area contributed by atoms with Crippen molar-refractivity contribution in [3.63, 3.8) is 0 Å². The highest BCUT2D eigenvalue weighted by molar-refractivity contribution is 7.89. The van der Waals surface area contributed by atoms with Crippen LogP contribution in [-0.4, -0.2) is 43.1 Å². The van der Waals surface area contributed by atoms with E-state index in [9.17, 15) is 21.6 Å². The number of hydrogen-bond donors (Lipinski definition) is 2. The van der Waals surface area contributed by atoms with Crippen LogP contribution >= 0.6 is 0 Å². The molecular formula is C15H23F3N4O3S. The largest absolute Gasteiger partial charge is 0.401 e. The van der Waals surface area contributed by atoms with Gasteiger partial charge in [0, 0.05) is 12.6 Å². The Labute approximate surface area is 150 Å². The lowest BCUT2D eigenvalue weighted by atomic mass is 9.86. The van der Waals surface area contributed by atoms with E-state index in [1.165, 1.54) is 0 Å². The summed E-state index contributed by atoms with van der Waals surface area (Å²) in [6, 6.07) is 0.0500. The van der Waals surface area contributed by atoms with Crippen LogP contribution in [0.4, 0.5) is 19.2 Å². The molecule has 2 aliphatic rings. The molecule has 0 aromatic carbocycles. The number of alkyl halides is 3. The second-order valence-electron chi connectivity index (χ2n) is 7.12. The van der Waals surface area contributed by atoms with Crippen LogP contribution in [0, 0.1) is 5.92 Å². The molecule has 2 N–H and O–H groups in total. The summed E-state index contributed by atoms with van der Waals surface area (Å²) in [4.78, 5) is 3.90. The van der Waals surface area contributed by atoms with E-state index in [1.54, 1.807) is 6.92 Å². The average Bonchev–Trinajstić information content (AvgIpc) is 3.29. The van der Waals surface area contributed by atoms with Crippen LogP contribution in [0.1, 0.15) is 51.3 Å². The Bertz CT molecular complexity index is 723. The molecule has 0 bridgehead atoms. The molecular weight excluding hydrogens is 373 g/mol. The Kier molecular flexibility index (Phi) is 5.22. The van der Waals surface area contributed by atoms with Crippen LogP contribution < -0.4 is 10.0 Å². The molecule has 7 nitrogen and oxygen atoms in total. The van der Waals surface area contributed by atoms with Gasteiger partial charge < -0.3 is 9.84 Å². The lowest BCUT2D eigenvalue weighted by Crippen LogP contribution is -2.34. The molecule has 0 aliphatic heterocycles. The molecule has 11 heteroatoms. The lowest BCUT2D eigenvalue weighted by Gasteiger charge is -2.28. The number of rotatable bonds is 7. The topological polar surface area (TPSA) is 97.1 Å². The minimum atomic E-state index is -4.36. The Morgan fingerprint density at radius 3 is 2.42 bits per heavy atom. The highest BCUT2D eigenvalue weighted by Crippen LogP contribution is 2.58. The number of nitrogens with one attached hydrogen (secondary N) is 2. The van der Waals surface area contributed by atoms with Gasteiger partial charge in [-0.25, -0.2) is 13.1 Å². The summed E-state index contributed by atoms with van der Waals surface area (Å²) in [5, 5.41) is 6.53. The number of sulfonamides is 1. The molecule has 148 valence electrons. The molecule has 26 heavy (non-hydrogen) atoms. The molecule has 1 heterocycles. The van der Waals surface area contributed by atoms with E-state index in [0.29, 0.717) is 6.54 Å². The normalized spacial score (nSPS) is 25.8. The molecule has 0 radical (unpaired) electrons. The highest BCUT2D eigenvalue weighted by Gasteiger charge is 2.67. The highest BCUT2D eigenvalue weighted by atomic mass is 32.2. The molecule has 0 atom stereocenters. The minimum Gasteiger partial charge on any atom is -0.335 e. The summed E-state index contributed by atoms with van der Waals surface area (Å²) in [5.41, 5.74) is -1.94. The van der Waals surface area contributed by atoms with Crippen molar-refractivity contribution in [3.8, 4) is 0 Å². The van der Waals surface area contributed by atoms with Crippen molar-refractivity contribution < 1.29 is 26.1 Å². The van der Waals surface area contributed by atoms with Gasteiger partial charge in [-0.2, -0.15) is 18.2 Å². The summed E-state index contributed by atoms with van der Waals surface area (Å²) in [5.74, 6) is 0.0192. The monoisotopic (exact) mass is 396 g/mol. The number of aromatic nitrogens is 2. The van der Waals surface area contributed by atoms with E-state index in [0.717, 1.165) is 25.7 Å². The fourth-order valence-electron chi connectivity index (χ4n) is 3.27. The second kappa shape index (κ2) is 6.99. The van der Waals surface area contributed by atoms with Crippen LogP contribution in [0.2, 0.25) is 0 Å². The molecule has 0 saturated heterocycles. The minimum absolute atomic E-state index is 0.00570. The second-order valence-corrected chi connectivity index (χ2v) is 9.21. The van der Waals surface area contributed by atoms with Crippen molar-refractivity contribution in [1.82, 2.24) is 14.9 Å². The fraction of sp³-hybridized carbons (Fsp3) is 0.867. The van der Waals surface area contributed by atoms with Gasteiger partial charge in [0.25, 0.3) is 0 Å². The summed E-state index contributed by atoms with van der Waals surface area (Å²) in [6.45, 7) is 2.01. The molecule has 2 aliphatic carbocycles. The summed E-state index contributed by atoms with van der Waals surface area (Å²) >= 11 is 0. The van der Waals surface area contributed by atoms with Gasteiger partial charge in [-0.05, 0) is 51.4 Å². The Hall–Kier alpha value is -1.36. The van der Waals surface area contributed by atoms with Crippen LogP contribution in [0.3, 0.4) is 0 Å². The van der Waals surface area contributed by atoms with E-state index in [4.69, 9.17) is 4.52 Å². The average molecular weight is 396 g/mol. The van der Waals surface area contributed by atoms with E-state index in [1.807, 2.05) is 0 Å².